The van der Waals surface area contributed by atoms with Gasteiger partial charge in [-0.15, -0.1) is 0 Å². The Labute approximate surface area is 104 Å². The number of amides is 1. The largest absolute Gasteiger partial charge is 0.493 e. The lowest BCUT2D eigenvalue weighted by atomic mass is 10.2. The number of nitrogens with one attached hydrogen (secondary N) is 1. The molecular weight excluding hydrogens is 234 g/mol. The summed E-state index contributed by atoms with van der Waals surface area (Å²) >= 11 is 0. The number of rotatable bonds is 3. The van der Waals surface area contributed by atoms with E-state index in [1.165, 1.54) is 13.3 Å². The first kappa shape index (κ1) is 12.1. The lowest BCUT2D eigenvalue weighted by Crippen LogP contribution is -2.08. The SMILES string of the molecule is COc1cc2ncnc(NC(C)=O)c2cc1OC. The van der Waals surface area contributed by atoms with E-state index in [1.807, 2.05) is 0 Å². The van der Waals surface area contributed by atoms with Gasteiger partial charge in [0.05, 0.1) is 19.7 Å². The summed E-state index contributed by atoms with van der Waals surface area (Å²) < 4.78 is 10.4. The number of hydrogen-bond acceptors (Lipinski definition) is 5. The van der Waals surface area contributed by atoms with E-state index >= 15 is 0 Å². The van der Waals surface area contributed by atoms with Crippen molar-refractivity contribution in [3.63, 3.8) is 0 Å². The molecule has 0 radical (unpaired) electrons. The maximum atomic E-state index is 11.1. The minimum Gasteiger partial charge on any atom is -0.493 e. The Bertz CT molecular complexity index is 598. The number of methoxy groups -OCH3 is 2. The van der Waals surface area contributed by atoms with E-state index in [4.69, 9.17) is 9.47 Å². The van der Waals surface area contributed by atoms with Gasteiger partial charge in [0.2, 0.25) is 5.91 Å². The summed E-state index contributed by atoms with van der Waals surface area (Å²) in [6.45, 7) is 1.43. The number of hydrogen-bond donors (Lipinski definition) is 1. The normalized spacial score (nSPS) is 10.2. The third-order valence-corrected chi connectivity index (χ3v) is 2.44. The Morgan fingerprint density at radius 1 is 1.17 bits per heavy atom. The van der Waals surface area contributed by atoms with Crippen LogP contribution in [0.4, 0.5) is 5.82 Å². The maximum absolute atomic E-state index is 11.1. The molecular formula is C12H13N3O3. The molecule has 1 amide bonds. The van der Waals surface area contributed by atoms with Crippen LogP contribution in [0.2, 0.25) is 0 Å². The van der Waals surface area contributed by atoms with E-state index in [-0.39, 0.29) is 5.91 Å². The van der Waals surface area contributed by atoms with Crippen molar-refractivity contribution >= 4 is 22.6 Å². The average molecular weight is 247 g/mol. The van der Waals surface area contributed by atoms with Crippen LogP contribution in [-0.4, -0.2) is 30.1 Å². The number of anilines is 1. The quantitative estimate of drug-likeness (QED) is 0.891. The smallest absolute Gasteiger partial charge is 0.222 e. The molecule has 0 aliphatic carbocycles. The molecule has 0 bridgehead atoms. The minimum atomic E-state index is -0.190. The Kier molecular flexibility index (Phi) is 3.27. The van der Waals surface area contributed by atoms with Crippen LogP contribution in [0, 0.1) is 0 Å². The highest BCUT2D eigenvalue weighted by molar-refractivity contribution is 5.99. The zero-order valence-electron chi connectivity index (χ0n) is 10.4. The number of ether oxygens (including phenoxy) is 2. The van der Waals surface area contributed by atoms with Crippen LogP contribution in [0.25, 0.3) is 10.9 Å². The van der Waals surface area contributed by atoms with Gasteiger partial charge in [-0.05, 0) is 6.07 Å². The van der Waals surface area contributed by atoms with Crippen molar-refractivity contribution in [1.82, 2.24) is 9.97 Å². The molecule has 2 rings (SSSR count). The molecule has 0 fully saturated rings. The topological polar surface area (TPSA) is 73.3 Å². The van der Waals surface area contributed by atoms with Crippen molar-refractivity contribution in [2.75, 3.05) is 19.5 Å². The monoisotopic (exact) mass is 247 g/mol. The number of carbonyl (C=O) groups is 1. The zero-order chi connectivity index (χ0) is 13.1. The lowest BCUT2D eigenvalue weighted by Gasteiger charge is -2.10. The molecule has 0 aliphatic heterocycles. The van der Waals surface area contributed by atoms with Crippen LogP contribution in [0.15, 0.2) is 18.5 Å². The van der Waals surface area contributed by atoms with Crippen molar-refractivity contribution in [3.05, 3.63) is 18.5 Å². The van der Waals surface area contributed by atoms with Crippen molar-refractivity contribution in [2.45, 2.75) is 6.92 Å². The predicted octanol–water partition coefficient (Wildman–Crippen LogP) is 1.61. The number of aromatic nitrogens is 2. The minimum absolute atomic E-state index is 0.190. The second-order valence-electron chi connectivity index (χ2n) is 3.63. The Morgan fingerprint density at radius 2 is 1.83 bits per heavy atom. The van der Waals surface area contributed by atoms with Crippen LogP contribution in [0.3, 0.4) is 0 Å². The standard InChI is InChI=1S/C12H13N3O3/c1-7(16)15-12-8-4-10(17-2)11(18-3)5-9(8)13-6-14-12/h4-6H,1-3H3,(H,13,14,15,16). The van der Waals surface area contributed by atoms with Gasteiger partial charge >= 0.3 is 0 Å². The van der Waals surface area contributed by atoms with Crippen molar-refractivity contribution < 1.29 is 14.3 Å². The number of fused-ring (bicyclic) bond motifs is 1. The van der Waals surface area contributed by atoms with Crippen molar-refractivity contribution in [2.24, 2.45) is 0 Å². The van der Waals surface area contributed by atoms with E-state index in [0.29, 0.717) is 28.2 Å². The Balaban J connectivity index is 2.64. The van der Waals surface area contributed by atoms with Gasteiger partial charge in [-0.2, -0.15) is 0 Å². The van der Waals surface area contributed by atoms with E-state index in [2.05, 4.69) is 15.3 Å². The van der Waals surface area contributed by atoms with Gasteiger partial charge in [0.25, 0.3) is 0 Å². The van der Waals surface area contributed by atoms with Gasteiger partial charge < -0.3 is 14.8 Å². The first-order valence-corrected chi connectivity index (χ1v) is 5.30. The second kappa shape index (κ2) is 4.87. The third-order valence-electron chi connectivity index (χ3n) is 2.44. The molecule has 1 heterocycles. The highest BCUT2D eigenvalue weighted by Gasteiger charge is 2.11. The van der Waals surface area contributed by atoms with Gasteiger partial charge in [0.1, 0.15) is 12.1 Å². The number of carbonyl (C=O) groups excluding carboxylic acids is 1. The van der Waals surface area contributed by atoms with Crippen LogP contribution >= 0.6 is 0 Å². The second-order valence-corrected chi connectivity index (χ2v) is 3.63. The predicted molar refractivity (Wildman–Crippen MR) is 66.9 cm³/mol. The molecule has 6 nitrogen and oxygen atoms in total. The van der Waals surface area contributed by atoms with E-state index in [0.717, 1.165) is 0 Å². The van der Waals surface area contributed by atoms with E-state index < -0.39 is 0 Å². The highest BCUT2D eigenvalue weighted by Crippen LogP contribution is 2.33. The fraction of sp³-hybridized carbons (Fsp3) is 0.250. The third kappa shape index (κ3) is 2.17. The molecule has 0 unspecified atom stereocenters. The molecule has 1 N–H and O–H groups in total. The van der Waals surface area contributed by atoms with Crippen molar-refractivity contribution in [1.29, 1.82) is 0 Å². The lowest BCUT2D eigenvalue weighted by molar-refractivity contribution is -0.114. The maximum Gasteiger partial charge on any atom is 0.222 e. The molecule has 0 spiro atoms. The summed E-state index contributed by atoms with van der Waals surface area (Å²) in [7, 11) is 3.10. The number of nitrogens with zero attached hydrogens (tertiary/aromatic N) is 2. The van der Waals surface area contributed by atoms with Crippen molar-refractivity contribution in [3.8, 4) is 11.5 Å². The summed E-state index contributed by atoms with van der Waals surface area (Å²) in [6.07, 6.45) is 1.39. The average Bonchev–Trinajstić information content (AvgIpc) is 2.37. The van der Waals surface area contributed by atoms with Crippen LogP contribution in [-0.2, 0) is 4.79 Å². The fourth-order valence-corrected chi connectivity index (χ4v) is 1.65. The molecule has 18 heavy (non-hydrogen) atoms. The van der Waals surface area contributed by atoms with Crippen LogP contribution < -0.4 is 14.8 Å². The molecule has 0 aliphatic rings. The summed E-state index contributed by atoms with van der Waals surface area (Å²) in [5.74, 6) is 1.40. The van der Waals surface area contributed by atoms with Gasteiger partial charge in [-0.1, -0.05) is 0 Å². The highest BCUT2D eigenvalue weighted by atomic mass is 16.5. The summed E-state index contributed by atoms with van der Waals surface area (Å²) in [4.78, 5) is 19.3. The molecule has 2 aromatic rings. The molecule has 6 heteroatoms. The Morgan fingerprint density at radius 3 is 2.44 bits per heavy atom. The zero-order valence-corrected chi connectivity index (χ0v) is 10.4. The molecule has 1 aromatic heterocycles. The first-order valence-electron chi connectivity index (χ1n) is 5.30. The molecule has 94 valence electrons. The summed E-state index contributed by atoms with van der Waals surface area (Å²) in [5, 5.41) is 3.35. The van der Waals surface area contributed by atoms with Gasteiger partial charge in [0, 0.05) is 18.4 Å². The molecule has 0 atom stereocenters. The molecule has 0 saturated carbocycles. The van der Waals surface area contributed by atoms with E-state index in [9.17, 15) is 4.79 Å². The molecule has 0 saturated heterocycles. The summed E-state index contributed by atoms with van der Waals surface area (Å²) in [6, 6.07) is 3.47. The van der Waals surface area contributed by atoms with Gasteiger partial charge in [0.15, 0.2) is 11.5 Å². The van der Waals surface area contributed by atoms with Gasteiger partial charge in [-0.25, -0.2) is 9.97 Å². The molecule has 1 aromatic carbocycles. The van der Waals surface area contributed by atoms with Crippen LogP contribution in [0.1, 0.15) is 6.92 Å². The summed E-state index contributed by atoms with van der Waals surface area (Å²) in [5.41, 5.74) is 0.673. The number of benzene rings is 1. The Hall–Kier alpha value is -2.37. The first-order chi connectivity index (χ1) is 8.65. The van der Waals surface area contributed by atoms with Crippen LogP contribution in [0.5, 0.6) is 11.5 Å². The fourth-order valence-electron chi connectivity index (χ4n) is 1.65. The van der Waals surface area contributed by atoms with Gasteiger partial charge in [-0.3, -0.25) is 4.79 Å². The van der Waals surface area contributed by atoms with E-state index in [1.54, 1.807) is 26.4 Å².